The molecule has 2 aliphatic heterocycles. The van der Waals surface area contributed by atoms with Crippen LogP contribution in [0.5, 0.6) is 23.0 Å². The van der Waals surface area contributed by atoms with Gasteiger partial charge >= 0.3 is 0 Å². The van der Waals surface area contributed by atoms with E-state index < -0.39 is 17.7 Å². The number of methoxy groups -OCH3 is 2. The van der Waals surface area contributed by atoms with Gasteiger partial charge in [0.1, 0.15) is 30.5 Å². The first-order valence-electron chi connectivity index (χ1n) is 11.4. The summed E-state index contributed by atoms with van der Waals surface area (Å²) < 4.78 is 22.2. The minimum Gasteiger partial charge on any atom is -0.507 e. The Labute approximate surface area is 208 Å². The molecule has 1 fully saturated rings. The highest BCUT2D eigenvalue weighted by molar-refractivity contribution is 6.51. The number of carbonyl (C=O) groups is 2. The predicted octanol–water partition coefficient (Wildman–Crippen LogP) is 4.41. The van der Waals surface area contributed by atoms with Gasteiger partial charge in [-0.1, -0.05) is 18.2 Å². The first-order valence-corrected chi connectivity index (χ1v) is 11.4. The summed E-state index contributed by atoms with van der Waals surface area (Å²) in [5, 5.41) is 11.5. The lowest BCUT2D eigenvalue weighted by molar-refractivity contribution is -0.132. The van der Waals surface area contributed by atoms with E-state index in [1.54, 1.807) is 74.7 Å². The number of carbonyl (C=O) groups excluding carboxylic acids is 2. The normalized spacial score (nSPS) is 18.3. The van der Waals surface area contributed by atoms with Crippen molar-refractivity contribution in [2.75, 3.05) is 32.3 Å². The van der Waals surface area contributed by atoms with Gasteiger partial charge in [0.05, 0.1) is 25.8 Å². The summed E-state index contributed by atoms with van der Waals surface area (Å²) in [7, 11) is 3.07. The van der Waals surface area contributed by atoms with Gasteiger partial charge in [-0.2, -0.15) is 0 Å². The number of Topliss-reactive ketones (excluding diaryl/α,β-unsaturated/α-hetero) is 1. The first kappa shape index (κ1) is 23.3. The standard InChI is InChI=1S/C28H25NO7/c1-16-14-18(33-2)9-10-19(16)26(30)24-25(20-6-4-5-7-21(20)34-3)29(28(32)27(24)31)17-8-11-22-23(15-17)36-13-12-35-22/h4-11,14-15,25,30H,12-13H2,1-3H3/b26-24+. The molecule has 3 aromatic carbocycles. The predicted molar refractivity (Wildman–Crippen MR) is 133 cm³/mol. The van der Waals surface area contributed by atoms with E-state index in [4.69, 9.17) is 18.9 Å². The smallest absolute Gasteiger partial charge is 0.300 e. The number of rotatable bonds is 5. The van der Waals surface area contributed by atoms with E-state index in [0.29, 0.717) is 58.6 Å². The Morgan fingerprint density at radius 1 is 0.944 bits per heavy atom. The number of ketones is 1. The average Bonchev–Trinajstić information content (AvgIpc) is 3.17. The molecule has 1 saturated heterocycles. The molecule has 1 amide bonds. The number of aliphatic hydroxyl groups excluding tert-OH is 1. The molecule has 184 valence electrons. The Bertz CT molecular complexity index is 1390. The molecule has 8 nitrogen and oxygen atoms in total. The summed E-state index contributed by atoms with van der Waals surface area (Å²) in [5.74, 6) is 0.286. The molecule has 0 spiro atoms. The number of benzene rings is 3. The van der Waals surface area contributed by atoms with Crippen molar-refractivity contribution in [1.29, 1.82) is 0 Å². The lowest BCUT2D eigenvalue weighted by Gasteiger charge is -2.28. The van der Waals surface area contributed by atoms with Gasteiger partial charge in [-0.25, -0.2) is 0 Å². The van der Waals surface area contributed by atoms with E-state index in [9.17, 15) is 14.7 Å². The summed E-state index contributed by atoms with van der Waals surface area (Å²) in [5.41, 5.74) is 2.07. The second-order valence-corrected chi connectivity index (χ2v) is 8.42. The quantitative estimate of drug-likeness (QED) is 0.324. The van der Waals surface area contributed by atoms with Crippen molar-refractivity contribution >= 4 is 23.1 Å². The number of anilines is 1. The van der Waals surface area contributed by atoms with Gasteiger partial charge in [-0.3, -0.25) is 14.5 Å². The number of ether oxygens (including phenoxy) is 4. The number of nitrogens with zero attached hydrogens (tertiary/aromatic N) is 1. The van der Waals surface area contributed by atoms with Crippen molar-refractivity contribution in [1.82, 2.24) is 0 Å². The zero-order valence-electron chi connectivity index (χ0n) is 20.1. The van der Waals surface area contributed by atoms with Gasteiger partial charge in [-0.05, 0) is 48.9 Å². The molecule has 0 aliphatic carbocycles. The van der Waals surface area contributed by atoms with Crippen LogP contribution in [0.1, 0.15) is 22.7 Å². The van der Waals surface area contributed by atoms with Crippen LogP contribution in [0.4, 0.5) is 5.69 Å². The summed E-state index contributed by atoms with van der Waals surface area (Å²) in [6, 6.07) is 16.3. The van der Waals surface area contributed by atoms with E-state index in [0.717, 1.165) is 0 Å². The van der Waals surface area contributed by atoms with Gasteiger partial charge in [0.15, 0.2) is 11.5 Å². The molecular formula is C28H25NO7. The number of fused-ring (bicyclic) bond motifs is 1. The Kier molecular flexibility index (Phi) is 6.01. The van der Waals surface area contributed by atoms with Crippen molar-refractivity contribution in [2.24, 2.45) is 0 Å². The van der Waals surface area contributed by atoms with Crippen molar-refractivity contribution in [3.8, 4) is 23.0 Å². The molecule has 36 heavy (non-hydrogen) atoms. The molecule has 3 aromatic rings. The zero-order valence-corrected chi connectivity index (χ0v) is 20.1. The average molecular weight is 488 g/mol. The number of amides is 1. The fourth-order valence-corrected chi connectivity index (χ4v) is 4.64. The van der Waals surface area contributed by atoms with Crippen molar-refractivity contribution in [2.45, 2.75) is 13.0 Å². The maximum absolute atomic E-state index is 13.5. The van der Waals surface area contributed by atoms with Crippen LogP contribution in [0.15, 0.2) is 66.2 Å². The molecule has 8 heteroatoms. The molecule has 0 aromatic heterocycles. The fourth-order valence-electron chi connectivity index (χ4n) is 4.64. The highest BCUT2D eigenvalue weighted by Gasteiger charge is 2.48. The second kappa shape index (κ2) is 9.30. The van der Waals surface area contributed by atoms with Gasteiger partial charge in [0.25, 0.3) is 11.7 Å². The molecular weight excluding hydrogens is 462 g/mol. The van der Waals surface area contributed by atoms with Crippen LogP contribution in [-0.4, -0.2) is 44.2 Å². The molecule has 1 unspecified atom stereocenters. The van der Waals surface area contributed by atoms with Crippen LogP contribution in [0.2, 0.25) is 0 Å². The Morgan fingerprint density at radius 3 is 2.42 bits per heavy atom. The molecule has 0 saturated carbocycles. The minimum absolute atomic E-state index is 0.0346. The van der Waals surface area contributed by atoms with Crippen LogP contribution in [-0.2, 0) is 9.59 Å². The Morgan fingerprint density at radius 2 is 1.69 bits per heavy atom. The number of hydrogen-bond donors (Lipinski definition) is 1. The first-order chi connectivity index (χ1) is 17.4. The van der Waals surface area contributed by atoms with Crippen LogP contribution in [0.3, 0.4) is 0 Å². The van der Waals surface area contributed by atoms with E-state index >= 15 is 0 Å². The molecule has 2 heterocycles. The maximum Gasteiger partial charge on any atom is 0.300 e. The third-order valence-corrected chi connectivity index (χ3v) is 6.37. The van der Waals surface area contributed by atoms with Gasteiger partial charge < -0.3 is 24.1 Å². The van der Waals surface area contributed by atoms with Crippen LogP contribution >= 0.6 is 0 Å². The molecule has 1 atom stereocenters. The van der Waals surface area contributed by atoms with Crippen molar-refractivity contribution in [3.63, 3.8) is 0 Å². The van der Waals surface area contributed by atoms with Crippen LogP contribution in [0.25, 0.3) is 5.76 Å². The third kappa shape index (κ3) is 3.80. The molecule has 5 rings (SSSR count). The fraction of sp³-hybridized carbons (Fsp3) is 0.214. The van der Waals surface area contributed by atoms with E-state index in [-0.39, 0.29) is 11.3 Å². The van der Waals surface area contributed by atoms with Crippen LogP contribution < -0.4 is 23.8 Å². The van der Waals surface area contributed by atoms with Crippen molar-refractivity contribution in [3.05, 3.63) is 82.9 Å². The monoisotopic (exact) mass is 487 g/mol. The maximum atomic E-state index is 13.5. The van der Waals surface area contributed by atoms with Crippen molar-refractivity contribution < 1.29 is 33.6 Å². The highest BCUT2D eigenvalue weighted by Crippen LogP contribution is 2.46. The largest absolute Gasteiger partial charge is 0.507 e. The lowest BCUT2D eigenvalue weighted by Crippen LogP contribution is -2.30. The summed E-state index contributed by atoms with van der Waals surface area (Å²) in [6.07, 6.45) is 0. The molecule has 0 bridgehead atoms. The van der Waals surface area contributed by atoms with E-state index in [2.05, 4.69) is 0 Å². The van der Waals surface area contributed by atoms with Gasteiger partial charge in [-0.15, -0.1) is 0 Å². The number of aliphatic hydroxyl groups is 1. The van der Waals surface area contributed by atoms with E-state index in [1.165, 1.54) is 12.0 Å². The number of para-hydroxylation sites is 1. The molecule has 1 N–H and O–H groups in total. The van der Waals surface area contributed by atoms with E-state index in [1.807, 2.05) is 0 Å². The highest BCUT2D eigenvalue weighted by atomic mass is 16.6. The minimum atomic E-state index is -0.940. The SMILES string of the molecule is COc1ccc(/C(O)=C2\C(=O)C(=O)N(c3ccc4c(c3)OCCO4)C2c2ccccc2OC)c(C)c1. The number of aryl methyl sites for hydroxylation is 1. The summed E-state index contributed by atoms with van der Waals surface area (Å²) in [6.45, 7) is 2.60. The summed E-state index contributed by atoms with van der Waals surface area (Å²) in [4.78, 5) is 28.3. The Balaban J connectivity index is 1.73. The topological polar surface area (TPSA) is 94.5 Å². The number of hydrogen-bond acceptors (Lipinski definition) is 7. The Hall–Kier alpha value is -4.46. The van der Waals surface area contributed by atoms with Gasteiger partial charge in [0.2, 0.25) is 0 Å². The summed E-state index contributed by atoms with van der Waals surface area (Å²) >= 11 is 0. The lowest BCUT2D eigenvalue weighted by atomic mass is 9.93. The van der Waals surface area contributed by atoms with Crippen LogP contribution in [0, 0.1) is 6.92 Å². The molecule has 2 aliphatic rings. The second-order valence-electron chi connectivity index (χ2n) is 8.42. The molecule has 0 radical (unpaired) electrons. The zero-order chi connectivity index (χ0) is 25.4. The third-order valence-electron chi connectivity index (χ3n) is 6.37. The van der Waals surface area contributed by atoms with Gasteiger partial charge in [0, 0.05) is 22.9 Å².